The summed E-state index contributed by atoms with van der Waals surface area (Å²) in [4.78, 5) is 19.1. The first-order valence-electron chi connectivity index (χ1n) is 16.9. The minimum Gasteiger partial charge on any atom is -0.308 e. The van der Waals surface area contributed by atoms with Gasteiger partial charge in [0.15, 0.2) is 0 Å². The van der Waals surface area contributed by atoms with Crippen LogP contribution in [0.3, 0.4) is 0 Å². The largest absolute Gasteiger partial charge is 0.308 e. The molecule has 0 bridgehead atoms. The summed E-state index contributed by atoms with van der Waals surface area (Å²) in [6.45, 7) is 0. The highest BCUT2D eigenvalue weighted by molar-refractivity contribution is 6.08. The van der Waals surface area contributed by atoms with E-state index in [1.54, 1.807) is 0 Å². The van der Waals surface area contributed by atoms with Crippen LogP contribution in [0.4, 0.5) is 0 Å². The average molecular weight is 643 g/mol. The maximum atomic E-state index is 4.87. The number of aliphatic imine (C=N–C) groups is 1. The maximum Gasteiger partial charge on any atom is 0.0963 e. The smallest absolute Gasteiger partial charge is 0.0963 e. The minimum absolute atomic E-state index is 0.848. The summed E-state index contributed by atoms with van der Waals surface area (Å²) in [5, 5.41) is 2.32. The lowest BCUT2D eigenvalue weighted by atomic mass is 9.97. The zero-order valence-electron chi connectivity index (χ0n) is 27.1. The van der Waals surface area contributed by atoms with Crippen LogP contribution in [0.15, 0.2) is 163 Å². The van der Waals surface area contributed by atoms with E-state index in [4.69, 9.17) is 9.98 Å². The molecule has 0 spiro atoms. The number of hydrogen-bond acceptors (Lipinski definition) is 4. The lowest BCUT2D eigenvalue weighted by molar-refractivity contribution is 1.06. The number of aromatic nitrogens is 5. The van der Waals surface area contributed by atoms with Gasteiger partial charge in [-0.15, -0.1) is 0 Å². The highest BCUT2D eigenvalue weighted by atomic mass is 15.0. The van der Waals surface area contributed by atoms with Gasteiger partial charge in [0, 0.05) is 52.5 Å². The van der Waals surface area contributed by atoms with E-state index in [0.29, 0.717) is 0 Å². The highest BCUT2D eigenvalue weighted by Crippen LogP contribution is 2.33. The van der Waals surface area contributed by atoms with Crippen molar-refractivity contribution in [3.05, 3.63) is 170 Å². The third kappa shape index (κ3) is 4.57. The molecular weight excluding hydrogens is 613 g/mol. The molecule has 0 saturated heterocycles. The number of nitrogens with zero attached hydrogens (tertiary/aromatic N) is 6. The van der Waals surface area contributed by atoms with Crippen molar-refractivity contribution < 1.29 is 0 Å². The summed E-state index contributed by atoms with van der Waals surface area (Å²) in [5.41, 5.74) is 15.4. The van der Waals surface area contributed by atoms with Crippen molar-refractivity contribution in [1.82, 2.24) is 24.1 Å². The van der Waals surface area contributed by atoms with Crippen LogP contribution in [-0.2, 0) is 0 Å². The second kappa shape index (κ2) is 11.5. The molecule has 0 radical (unpaired) electrons. The van der Waals surface area contributed by atoms with E-state index in [2.05, 4.69) is 140 Å². The molecule has 236 valence electrons. The predicted molar refractivity (Wildman–Crippen MR) is 204 cm³/mol. The molecule has 0 saturated carbocycles. The molecule has 0 N–H and O–H groups in total. The average Bonchev–Trinajstić information content (AvgIpc) is 3.71. The number of benzene rings is 4. The molecule has 0 unspecified atom stereocenters. The Bertz CT molecular complexity index is 2680. The van der Waals surface area contributed by atoms with Gasteiger partial charge in [-0.2, -0.15) is 0 Å². The summed E-state index contributed by atoms with van der Waals surface area (Å²) in [7, 11) is 0. The van der Waals surface area contributed by atoms with Crippen LogP contribution in [0.25, 0.3) is 71.9 Å². The number of fused-ring (bicyclic) bond motifs is 6. The lowest BCUT2D eigenvalue weighted by Gasteiger charge is -2.15. The fourth-order valence-electron chi connectivity index (χ4n) is 7.44. The third-order valence-corrected chi connectivity index (χ3v) is 9.88. The van der Waals surface area contributed by atoms with Crippen LogP contribution >= 0.6 is 0 Å². The molecule has 0 atom stereocenters. The summed E-state index contributed by atoms with van der Waals surface area (Å²) in [5.74, 6) is 0. The van der Waals surface area contributed by atoms with Crippen LogP contribution < -0.4 is 0 Å². The zero-order chi connectivity index (χ0) is 33.0. The Morgan fingerprint density at radius 2 is 0.980 bits per heavy atom. The number of pyridine rings is 3. The molecule has 6 nitrogen and oxygen atoms in total. The van der Waals surface area contributed by atoms with Crippen molar-refractivity contribution in [2.75, 3.05) is 0 Å². The molecule has 0 amide bonds. The van der Waals surface area contributed by atoms with E-state index < -0.39 is 0 Å². The van der Waals surface area contributed by atoms with E-state index in [9.17, 15) is 0 Å². The Hall–Kier alpha value is -6.66. The van der Waals surface area contributed by atoms with Gasteiger partial charge < -0.3 is 9.13 Å². The number of rotatable bonds is 5. The van der Waals surface area contributed by atoms with E-state index in [1.165, 1.54) is 11.1 Å². The van der Waals surface area contributed by atoms with Crippen molar-refractivity contribution in [3.63, 3.8) is 0 Å². The Labute approximate surface area is 288 Å². The van der Waals surface area contributed by atoms with Gasteiger partial charge in [-0.25, -0.2) is 0 Å². The summed E-state index contributed by atoms with van der Waals surface area (Å²) in [6, 6.07) is 46.9. The Balaban J connectivity index is 0.888. The molecular formula is C44H30N6. The fraction of sp³-hybridized carbons (Fsp3) is 0.0455. The molecule has 0 fully saturated rings. The van der Waals surface area contributed by atoms with Crippen molar-refractivity contribution in [2.24, 2.45) is 4.99 Å². The van der Waals surface area contributed by atoms with Gasteiger partial charge in [-0.3, -0.25) is 19.9 Å². The predicted octanol–water partition coefficient (Wildman–Crippen LogP) is 10.4. The summed E-state index contributed by atoms with van der Waals surface area (Å²) in [6.07, 6.45) is 9.46. The Kier molecular flexibility index (Phi) is 6.52. The SMILES string of the molecule is C1=C(c2ccc(-n3c4ccccc4c4ncccc43)cc2)CCC(c2ccc(-c3ccc(-n4c5ccccc5c5ncccc54)cc3)cn2)=N1. The zero-order valence-corrected chi connectivity index (χ0v) is 27.1. The van der Waals surface area contributed by atoms with Crippen molar-refractivity contribution in [2.45, 2.75) is 12.8 Å². The number of hydrogen-bond donors (Lipinski definition) is 0. The molecule has 1 aliphatic rings. The molecule has 6 heterocycles. The van der Waals surface area contributed by atoms with E-state index in [0.717, 1.165) is 90.6 Å². The molecule has 1 aliphatic heterocycles. The second-order valence-corrected chi connectivity index (χ2v) is 12.7. The lowest BCUT2D eigenvalue weighted by Crippen LogP contribution is -2.07. The van der Waals surface area contributed by atoms with E-state index in [-0.39, 0.29) is 0 Å². The van der Waals surface area contributed by atoms with Gasteiger partial charge in [-0.1, -0.05) is 66.7 Å². The third-order valence-electron chi connectivity index (χ3n) is 9.88. The van der Waals surface area contributed by atoms with Crippen molar-refractivity contribution in [3.8, 4) is 22.5 Å². The standard InChI is InChI=1S/C44H30N6/c1-3-9-39-35(7-1)43-41(11-5-25-45-43)49(39)33-19-13-29(14-20-33)31-17-23-37(47-27-31)38-24-18-32(28-48-38)30-15-21-34(22-16-30)50-40-10-4-2-8-36(40)44-42(50)12-6-26-46-44/h1-17,19-23,25-28H,18,24H2. The Morgan fingerprint density at radius 1 is 0.440 bits per heavy atom. The van der Waals surface area contributed by atoms with E-state index >= 15 is 0 Å². The van der Waals surface area contributed by atoms with Crippen molar-refractivity contribution >= 4 is 55.2 Å². The van der Waals surface area contributed by atoms with Crippen LogP contribution in [-0.4, -0.2) is 29.8 Å². The minimum atomic E-state index is 0.848. The van der Waals surface area contributed by atoms with Gasteiger partial charge in [0.05, 0.1) is 44.5 Å². The highest BCUT2D eigenvalue weighted by Gasteiger charge is 2.16. The first-order chi connectivity index (χ1) is 24.8. The van der Waals surface area contributed by atoms with Crippen LogP contribution in [0.1, 0.15) is 24.1 Å². The van der Waals surface area contributed by atoms with E-state index in [1.807, 2.05) is 36.9 Å². The topological polar surface area (TPSA) is 60.9 Å². The van der Waals surface area contributed by atoms with Crippen LogP contribution in [0, 0.1) is 0 Å². The number of allylic oxidation sites excluding steroid dienone is 1. The first kappa shape index (κ1) is 28.4. The number of para-hydroxylation sites is 2. The van der Waals surface area contributed by atoms with Gasteiger partial charge in [0.2, 0.25) is 0 Å². The second-order valence-electron chi connectivity index (χ2n) is 12.7. The maximum absolute atomic E-state index is 4.87. The van der Waals surface area contributed by atoms with Crippen molar-refractivity contribution in [1.29, 1.82) is 0 Å². The molecule has 6 heteroatoms. The monoisotopic (exact) mass is 642 g/mol. The first-order valence-corrected chi connectivity index (χ1v) is 16.9. The quantitative estimate of drug-likeness (QED) is 0.188. The van der Waals surface area contributed by atoms with Crippen LogP contribution in [0.2, 0.25) is 0 Å². The molecule has 4 aromatic carbocycles. The van der Waals surface area contributed by atoms with Gasteiger partial charge >= 0.3 is 0 Å². The molecule has 50 heavy (non-hydrogen) atoms. The molecule has 9 aromatic rings. The van der Waals surface area contributed by atoms with Gasteiger partial charge in [-0.05, 0) is 96.3 Å². The fourth-order valence-corrected chi connectivity index (χ4v) is 7.44. The van der Waals surface area contributed by atoms with Crippen LogP contribution in [0.5, 0.6) is 0 Å². The molecule has 10 rings (SSSR count). The van der Waals surface area contributed by atoms with Gasteiger partial charge in [0.25, 0.3) is 0 Å². The Morgan fingerprint density at radius 3 is 1.52 bits per heavy atom. The van der Waals surface area contributed by atoms with Gasteiger partial charge in [0.1, 0.15) is 0 Å². The summed E-state index contributed by atoms with van der Waals surface area (Å²) >= 11 is 0. The summed E-state index contributed by atoms with van der Waals surface area (Å²) < 4.78 is 4.57. The molecule has 5 aromatic heterocycles. The normalized spacial score (nSPS) is 13.3. The molecule has 0 aliphatic carbocycles.